The van der Waals surface area contributed by atoms with Crippen molar-refractivity contribution in [1.29, 1.82) is 0 Å². The Hall–Kier alpha value is -0.670. The highest BCUT2D eigenvalue weighted by Gasteiger charge is 2.26. The molecule has 1 saturated carbocycles. The molecule has 3 nitrogen and oxygen atoms in total. The van der Waals surface area contributed by atoms with Crippen LogP contribution in [0.2, 0.25) is 10.0 Å². The van der Waals surface area contributed by atoms with Gasteiger partial charge in [0.25, 0.3) is 0 Å². The molecule has 18 heavy (non-hydrogen) atoms. The lowest BCUT2D eigenvalue weighted by molar-refractivity contribution is 0.0861. The van der Waals surface area contributed by atoms with E-state index in [-0.39, 0.29) is 11.9 Å². The van der Waals surface area contributed by atoms with E-state index in [1.165, 1.54) is 19.3 Å². The van der Waals surface area contributed by atoms with Crippen LogP contribution in [0, 0.1) is 5.92 Å². The predicted octanol–water partition coefficient (Wildman–Crippen LogP) is 4.32. The summed E-state index contributed by atoms with van der Waals surface area (Å²) in [6.07, 6.45) is 6.05. The van der Waals surface area contributed by atoms with Gasteiger partial charge in [0.05, 0.1) is 5.02 Å². The Balaban J connectivity index is 2.15. The number of nitrogen functional groups attached to an aromatic ring is 1. The van der Waals surface area contributed by atoms with Crippen LogP contribution in [0.25, 0.3) is 0 Å². The average molecular weight is 289 g/mol. The number of halogens is 2. The van der Waals surface area contributed by atoms with Crippen molar-refractivity contribution in [3.05, 3.63) is 16.1 Å². The minimum atomic E-state index is 0.189. The third-order valence-corrected chi connectivity index (χ3v) is 4.12. The molecule has 0 saturated heterocycles. The third kappa shape index (κ3) is 3.01. The second-order valence-corrected chi connectivity index (χ2v) is 5.57. The van der Waals surface area contributed by atoms with Gasteiger partial charge in [-0.25, -0.2) is 0 Å². The van der Waals surface area contributed by atoms with Crippen molar-refractivity contribution in [2.24, 2.45) is 5.92 Å². The van der Waals surface area contributed by atoms with Crippen LogP contribution >= 0.6 is 23.2 Å². The number of hydrogen-bond donors (Lipinski definition) is 1. The van der Waals surface area contributed by atoms with Crippen molar-refractivity contribution in [3.8, 4) is 5.88 Å². The van der Waals surface area contributed by atoms with Crippen LogP contribution in [-0.2, 0) is 0 Å². The van der Waals surface area contributed by atoms with Gasteiger partial charge in [0.15, 0.2) is 0 Å². The topological polar surface area (TPSA) is 48.1 Å². The van der Waals surface area contributed by atoms with Crippen molar-refractivity contribution < 1.29 is 4.74 Å². The molecule has 1 fully saturated rings. The number of ether oxygens (including phenoxy) is 1. The van der Waals surface area contributed by atoms with E-state index >= 15 is 0 Å². The molecule has 1 aromatic rings. The first kappa shape index (κ1) is 13.8. The van der Waals surface area contributed by atoms with Crippen molar-refractivity contribution >= 4 is 29.0 Å². The molecule has 2 atom stereocenters. The molecule has 1 heterocycles. The molecule has 1 aromatic heterocycles. The molecule has 0 bridgehead atoms. The Labute approximate surface area is 118 Å². The first-order valence-corrected chi connectivity index (χ1v) is 7.15. The molecule has 100 valence electrons. The molecule has 2 N–H and O–H groups in total. The monoisotopic (exact) mass is 288 g/mol. The highest BCUT2D eigenvalue weighted by Crippen LogP contribution is 2.34. The highest BCUT2D eigenvalue weighted by atomic mass is 35.5. The first-order valence-electron chi connectivity index (χ1n) is 6.40. The van der Waals surface area contributed by atoms with Crippen LogP contribution < -0.4 is 10.5 Å². The van der Waals surface area contributed by atoms with Gasteiger partial charge in [-0.3, -0.25) is 0 Å². The maximum atomic E-state index is 6.08. The minimum absolute atomic E-state index is 0.189. The molecule has 0 spiro atoms. The summed E-state index contributed by atoms with van der Waals surface area (Å²) in [4.78, 5) is 4.13. The number of hydrogen-bond acceptors (Lipinski definition) is 3. The lowest BCUT2D eigenvalue weighted by Crippen LogP contribution is -2.30. The van der Waals surface area contributed by atoms with E-state index in [4.69, 9.17) is 33.7 Å². The summed E-state index contributed by atoms with van der Waals surface area (Å²) < 4.78 is 5.94. The molecule has 2 rings (SSSR count). The lowest BCUT2D eigenvalue weighted by atomic mass is 9.85. The molecule has 2 unspecified atom stereocenters. The molecule has 0 aromatic carbocycles. The van der Waals surface area contributed by atoms with Crippen molar-refractivity contribution in [2.45, 2.75) is 45.1 Å². The summed E-state index contributed by atoms with van der Waals surface area (Å²) in [7, 11) is 0. The number of rotatable bonds is 3. The van der Waals surface area contributed by atoms with Crippen LogP contribution in [0.3, 0.4) is 0 Å². The van der Waals surface area contributed by atoms with Gasteiger partial charge in [-0.2, -0.15) is 4.98 Å². The zero-order chi connectivity index (χ0) is 13.1. The second kappa shape index (κ2) is 5.98. The van der Waals surface area contributed by atoms with E-state index in [1.807, 2.05) is 0 Å². The lowest BCUT2D eigenvalue weighted by Gasteiger charge is -2.31. The summed E-state index contributed by atoms with van der Waals surface area (Å²) >= 11 is 11.9. The molecule has 0 radical (unpaired) electrons. The Morgan fingerprint density at radius 1 is 1.33 bits per heavy atom. The number of anilines is 1. The molecule has 5 heteroatoms. The Morgan fingerprint density at radius 3 is 2.78 bits per heavy atom. The van der Waals surface area contributed by atoms with Crippen molar-refractivity contribution in [3.63, 3.8) is 0 Å². The zero-order valence-corrected chi connectivity index (χ0v) is 12.0. The number of pyridine rings is 1. The van der Waals surface area contributed by atoms with Crippen molar-refractivity contribution in [1.82, 2.24) is 4.98 Å². The van der Waals surface area contributed by atoms with Gasteiger partial charge >= 0.3 is 0 Å². The summed E-state index contributed by atoms with van der Waals surface area (Å²) in [5.41, 5.74) is 5.68. The SMILES string of the molecule is CCC1CCCCC1Oc1nc(N)c(Cl)cc1Cl. The summed E-state index contributed by atoms with van der Waals surface area (Å²) in [5.74, 6) is 1.25. The maximum Gasteiger partial charge on any atom is 0.234 e. The Bertz CT molecular complexity index is 426. The van der Waals surface area contributed by atoms with Crippen LogP contribution in [-0.4, -0.2) is 11.1 Å². The average Bonchev–Trinajstić information content (AvgIpc) is 2.36. The Kier molecular flexibility index (Phi) is 4.57. The van der Waals surface area contributed by atoms with E-state index in [2.05, 4.69) is 11.9 Å². The van der Waals surface area contributed by atoms with Crippen LogP contribution in [0.1, 0.15) is 39.0 Å². The van der Waals surface area contributed by atoms with E-state index < -0.39 is 0 Å². The highest BCUT2D eigenvalue weighted by molar-refractivity contribution is 6.36. The minimum Gasteiger partial charge on any atom is -0.473 e. The predicted molar refractivity (Wildman–Crippen MR) is 75.3 cm³/mol. The van der Waals surface area contributed by atoms with E-state index in [0.29, 0.717) is 21.8 Å². The van der Waals surface area contributed by atoms with Crippen LogP contribution in [0.15, 0.2) is 6.07 Å². The van der Waals surface area contributed by atoms with Crippen LogP contribution in [0.4, 0.5) is 5.82 Å². The fraction of sp³-hybridized carbons (Fsp3) is 0.615. The van der Waals surface area contributed by atoms with Gasteiger partial charge in [0, 0.05) is 0 Å². The molecule has 0 amide bonds. The molecular weight excluding hydrogens is 271 g/mol. The molecular formula is C13H18Cl2N2O. The summed E-state index contributed by atoms with van der Waals surface area (Å²) in [6, 6.07) is 1.59. The normalized spacial score (nSPS) is 23.9. The zero-order valence-electron chi connectivity index (χ0n) is 10.5. The van der Waals surface area contributed by atoms with Gasteiger partial charge < -0.3 is 10.5 Å². The van der Waals surface area contributed by atoms with Gasteiger partial charge in [-0.1, -0.05) is 36.5 Å². The third-order valence-electron chi connectivity index (χ3n) is 3.55. The molecule has 1 aliphatic rings. The van der Waals surface area contributed by atoms with E-state index in [1.54, 1.807) is 6.07 Å². The van der Waals surface area contributed by atoms with E-state index in [0.717, 1.165) is 12.8 Å². The number of nitrogens with zero attached hydrogens (tertiary/aromatic N) is 1. The number of nitrogens with two attached hydrogens (primary N) is 1. The summed E-state index contributed by atoms with van der Waals surface area (Å²) in [5, 5.41) is 0.790. The summed E-state index contributed by atoms with van der Waals surface area (Å²) in [6.45, 7) is 2.19. The van der Waals surface area contributed by atoms with Gasteiger partial charge in [-0.15, -0.1) is 0 Å². The largest absolute Gasteiger partial charge is 0.473 e. The van der Waals surface area contributed by atoms with Crippen molar-refractivity contribution in [2.75, 3.05) is 5.73 Å². The van der Waals surface area contributed by atoms with E-state index in [9.17, 15) is 0 Å². The van der Waals surface area contributed by atoms with Gasteiger partial charge in [-0.05, 0) is 37.7 Å². The Morgan fingerprint density at radius 2 is 2.06 bits per heavy atom. The number of aromatic nitrogens is 1. The fourth-order valence-corrected chi connectivity index (χ4v) is 2.89. The smallest absolute Gasteiger partial charge is 0.234 e. The first-order chi connectivity index (χ1) is 8.61. The molecule has 0 aliphatic heterocycles. The van der Waals surface area contributed by atoms with Crippen LogP contribution in [0.5, 0.6) is 5.88 Å². The van der Waals surface area contributed by atoms with Gasteiger partial charge in [0.1, 0.15) is 16.9 Å². The van der Waals surface area contributed by atoms with Gasteiger partial charge in [0.2, 0.25) is 5.88 Å². The maximum absolute atomic E-state index is 6.08. The standard InChI is InChI=1S/C13H18Cl2N2O/c1-2-8-5-3-4-6-11(8)18-13-10(15)7-9(14)12(16)17-13/h7-8,11H,2-6H2,1H3,(H2,16,17). The fourth-order valence-electron chi connectivity index (χ4n) is 2.48. The second-order valence-electron chi connectivity index (χ2n) is 4.75. The molecule has 1 aliphatic carbocycles. The quantitative estimate of drug-likeness (QED) is 0.901.